The highest BCUT2D eigenvalue weighted by atomic mass is 79.9. The average Bonchev–Trinajstić information content (AvgIpc) is 2.38. The van der Waals surface area contributed by atoms with Gasteiger partial charge in [0.15, 0.2) is 0 Å². The van der Waals surface area contributed by atoms with Crippen molar-refractivity contribution in [3.63, 3.8) is 0 Å². The molecular weight excluding hydrogens is 390 g/mol. The maximum atomic E-state index is 12.7. The Morgan fingerprint density at radius 2 is 1.71 bits per heavy atom. The fourth-order valence-electron chi connectivity index (χ4n) is 1.73. The summed E-state index contributed by atoms with van der Waals surface area (Å²) in [5, 5.41) is 3.49. The topological polar surface area (TPSA) is 12.0 Å². The van der Waals surface area contributed by atoms with E-state index >= 15 is 0 Å². The average molecular weight is 399 g/mol. The molecule has 0 unspecified atom stereocenters. The third-order valence-electron chi connectivity index (χ3n) is 2.72. The van der Waals surface area contributed by atoms with Crippen molar-refractivity contribution in [3.05, 3.63) is 62.0 Å². The first kappa shape index (κ1) is 16.5. The Morgan fingerprint density at radius 1 is 1.00 bits per heavy atom. The van der Waals surface area contributed by atoms with Gasteiger partial charge < -0.3 is 5.32 Å². The fourth-order valence-corrected chi connectivity index (χ4v) is 2.55. The molecule has 7 heteroatoms. The molecule has 21 heavy (non-hydrogen) atoms. The summed E-state index contributed by atoms with van der Waals surface area (Å²) in [6.45, 7) is 0.318. The molecule has 112 valence electrons. The molecule has 0 fully saturated rings. The number of nitrogens with one attached hydrogen (secondary N) is 1. The number of halogens is 6. The zero-order valence-electron chi connectivity index (χ0n) is 10.4. The maximum Gasteiger partial charge on any atom is 0.416 e. The standard InChI is InChI=1S/C14H9BrCl2F3N/c15-13-2-1-10(16)3-8(13)7-21-12-5-9(14(18,19)20)4-11(17)6-12/h1-6,21H,7H2. The second-order valence-electron chi connectivity index (χ2n) is 4.32. The molecule has 0 saturated carbocycles. The zero-order valence-corrected chi connectivity index (χ0v) is 13.5. The lowest BCUT2D eigenvalue weighted by Crippen LogP contribution is -2.07. The Hall–Kier alpha value is -0.910. The Morgan fingerprint density at radius 3 is 2.38 bits per heavy atom. The van der Waals surface area contributed by atoms with Gasteiger partial charge in [0.1, 0.15) is 0 Å². The third kappa shape index (κ3) is 4.53. The number of alkyl halides is 3. The molecule has 0 bridgehead atoms. The summed E-state index contributed by atoms with van der Waals surface area (Å²) in [7, 11) is 0. The van der Waals surface area contributed by atoms with E-state index in [1.165, 1.54) is 6.07 Å². The summed E-state index contributed by atoms with van der Waals surface area (Å²) in [5.41, 5.74) is 0.334. The molecule has 0 aliphatic carbocycles. The van der Waals surface area contributed by atoms with Crippen LogP contribution in [0.15, 0.2) is 40.9 Å². The Balaban J connectivity index is 2.20. The van der Waals surface area contributed by atoms with E-state index in [1.807, 2.05) is 0 Å². The molecule has 2 aromatic rings. The minimum atomic E-state index is -4.43. The van der Waals surface area contributed by atoms with Crippen molar-refractivity contribution in [2.75, 3.05) is 5.32 Å². The van der Waals surface area contributed by atoms with Gasteiger partial charge in [-0.3, -0.25) is 0 Å². The van der Waals surface area contributed by atoms with Crippen LogP contribution in [0.1, 0.15) is 11.1 Å². The molecule has 1 nitrogen and oxygen atoms in total. The van der Waals surface area contributed by atoms with Crippen LogP contribution in [0, 0.1) is 0 Å². The molecule has 2 aromatic carbocycles. The molecule has 0 aromatic heterocycles. The van der Waals surface area contributed by atoms with Crippen molar-refractivity contribution in [2.45, 2.75) is 12.7 Å². The predicted octanol–water partition coefficient (Wildman–Crippen LogP) is 6.39. The van der Waals surface area contributed by atoms with Gasteiger partial charge in [-0.25, -0.2) is 0 Å². The van der Waals surface area contributed by atoms with E-state index in [2.05, 4.69) is 21.2 Å². The van der Waals surface area contributed by atoms with Gasteiger partial charge in [-0.1, -0.05) is 39.1 Å². The zero-order chi connectivity index (χ0) is 15.6. The van der Waals surface area contributed by atoms with Crippen LogP contribution in [-0.2, 0) is 12.7 Å². The third-order valence-corrected chi connectivity index (χ3v) is 3.94. The first-order valence-electron chi connectivity index (χ1n) is 5.81. The number of rotatable bonds is 3. The van der Waals surface area contributed by atoms with E-state index in [1.54, 1.807) is 18.2 Å². The molecule has 0 spiro atoms. The quantitative estimate of drug-likeness (QED) is 0.631. The van der Waals surface area contributed by atoms with Gasteiger partial charge in [0, 0.05) is 26.8 Å². The summed E-state index contributed by atoms with van der Waals surface area (Å²) in [6.07, 6.45) is -4.43. The van der Waals surface area contributed by atoms with Gasteiger partial charge in [0.25, 0.3) is 0 Å². The summed E-state index contributed by atoms with van der Waals surface area (Å²) in [5.74, 6) is 0. The molecule has 1 N–H and O–H groups in total. The molecule has 0 saturated heterocycles. The minimum absolute atomic E-state index is 0.0254. The van der Waals surface area contributed by atoms with Crippen molar-refractivity contribution < 1.29 is 13.2 Å². The molecule has 0 amide bonds. The monoisotopic (exact) mass is 397 g/mol. The summed E-state index contributed by atoms with van der Waals surface area (Å²) in [4.78, 5) is 0. The highest BCUT2D eigenvalue weighted by molar-refractivity contribution is 9.10. The second kappa shape index (κ2) is 6.46. The van der Waals surface area contributed by atoms with Gasteiger partial charge in [0.2, 0.25) is 0 Å². The van der Waals surface area contributed by atoms with E-state index in [0.29, 0.717) is 17.3 Å². The van der Waals surface area contributed by atoms with Gasteiger partial charge in [-0.15, -0.1) is 0 Å². The summed E-state index contributed by atoms with van der Waals surface area (Å²) >= 11 is 15.0. The van der Waals surface area contributed by atoms with Crippen molar-refractivity contribution in [2.24, 2.45) is 0 Å². The number of hydrogen-bond donors (Lipinski definition) is 1. The highest BCUT2D eigenvalue weighted by Gasteiger charge is 2.31. The van der Waals surface area contributed by atoms with Gasteiger partial charge in [-0.05, 0) is 42.0 Å². The minimum Gasteiger partial charge on any atom is -0.381 e. The second-order valence-corrected chi connectivity index (χ2v) is 6.04. The predicted molar refractivity (Wildman–Crippen MR) is 82.9 cm³/mol. The Bertz CT molecular complexity index is 659. The van der Waals surface area contributed by atoms with Crippen LogP contribution >= 0.6 is 39.1 Å². The summed E-state index contributed by atoms with van der Waals surface area (Å²) in [6, 6.07) is 8.57. The lowest BCUT2D eigenvalue weighted by Gasteiger charge is -2.12. The van der Waals surface area contributed by atoms with E-state index in [-0.39, 0.29) is 5.02 Å². The first-order valence-corrected chi connectivity index (χ1v) is 7.36. The molecule has 0 aliphatic rings. The van der Waals surface area contributed by atoms with Crippen LogP contribution in [-0.4, -0.2) is 0 Å². The van der Waals surface area contributed by atoms with Crippen molar-refractivity contribution in [1.82, 2.24) is 0 Å². The van der Waals surface area contributed by atoms with Crippen LogP contribution in [0.2, 0.25) is 10.0 Å². The first-order chi connectivity index (χ1) is 9.75. The molecular formula is C14H9BrCl2F3N. The number of benzene rings is 2. The molecule has 0 atom stereocenters. The van der Waals surface area contributed by atoms with Crippen LogP contribution in [0.25, 0.3) is 0 Å². The molecule has 0 aliphatic heterocycles. The highest BCUT2D eigenvalue weighted by Crippen LogP contribution is 2.33. The van der Waals surface area contributed by atoms with E-state index in [9.17, 15) is 13.2 Å². The normalized spacial score (nSPS) is 11.5. The van der Waals surface area contributed by atoms with Crippen LogP contribution in [0.5, 0.6) is 0 Å². The lowest BCUT2D eigenvalue weighted by atomic mass is 10.1. The molecule has 0 radical (unpaired) electrons. The Kier molecular flexibility index (Phi) is 5.07. The van der Waals surface area contributed by atoms with E-state index in [0.717, 1.165) is 22.2 Å². The van der Waals surface area contributed by atoms with Gasteiger partial charge in [0.05, 0.1) is 5.56 Å². The molecule has 0 heterocycles. The van der Waals surface area contributed by atoms with Gasteiger partial charge >= 0.3 is 6.18 Å². The van der Waals surface area contributed by atoms with Crippen molar-refractivity contribution >= 4 is 44.8 Å². The van der Waals surface area contributed by atoms with E-state index in [4.69, 9.17) is 23.2 Å². The maximum absolute atomic E-state index is 12.7. The van der Waals surface area contributed by atoms with Crippen LogP contribution in [0.3, 0.4) is 0 Å². The SMILES string of the molecule is FC(F)(F)c1cc(Cl)cc(NCc2cc(Cl)ccc2Br)c1. The summed E-state index contributed by atoms with van der Waals surface area (Å²) < 4.78 is 39.0. The fraction of sp³-hybridized carbons (Fsp3) is 0.143. The van der Waals surface area contributed by atoms with E-state index < -0.39 is 11.7 Å². The van der Waals surface area contributed by atoms with Crippen LogP contribution < -0.4 is 5.32 Å². The number of hydrogen-bond acceptors (Lipinski definition) is 1. The van der Waals surface area contributed by atoms with Crippen LogP contribution in [0.4, 0.5) is 18.9 Å². The van der Waals surface area contributed by atoms with Gasteiger partial charge in [-0.2, -0.15) is 13.2 Å². The lowest BCUT2D eigenvalue weighted by molar-refractivity contribution is -0.137. The molecule has 2 rings (SSSR count). The smallest absolute Gasteiger partial charge is 0.381 e. The Labute approximate surface area is 138 Å². The van der Waals surface area contributed by atoms with Crippen molar-refractivity contribution in [3.8, 4) is 0 Å². The largest absolute Gasteiger partial charge is 0.416 e. The number of anilines is 1. The van der Waals surface area contributed by atoms with Crippen molar-refractivity contribution in [1.29, 1.82) is 0 Å².